The van der Waals surface area contributed by atoms with Crippen molar-refractivity contribution in [2.24, 2.45) is 0 Å². The molecule has 1 aromatic heterocycles. The maximum Gasteiger partial charge on any atom is 0.236 e. The van der Waals surface area contributed by atoms with Crippen LogP contribution in [0.3, 0.4) is 0 Å². The predicted octanol–water partition coefficient (Wildman–Crippen LogP) is 0.343. The van der Waals surface area contributed by atoms with Gasteiger partial charge in [-0.3, -0.25) is 9.69 Å². The van der Waals surface area contributed by atoms with Crippen molar-refractivity contribution in [1.82, 2.24) is 24.6 Å². The maximum atomic E-state index is 12.1. The van der Waals surface area contributed by atoms with Gasteiger partial charge in [-0.1, -0.05) is 0 Å². The van der Waals surface area contributed by atoms with Crippen LogP contribution in [0.1, 0.15) is 36.8 Å². The molecule has 0 atom stereocenters. The third-order valence-electron chi connectivity index (χ3n) is 4.15. The van der Waals surface area contributed by atoms with Crippen LogP contribution in [0.25, 0.3) is 0 Å². The van der Waals surface area contributed by atoms with E-state index in [2.05, 4.69) is 25.7 Å². The summed E-state index contributed by atoms with van der Waals surface area (Å²) < 4.78 is 2.22. The van der Waals surface area contributed by atoms with E-state index in [-0.39, 0.29) is 5.91 Å². The predicted molar refractivity (Wildman–Crippen MR) is 75.1 cm³/mol. The van der Waals surface area contributed by atoms with Gasteiger partial charge in [-0.2, -0.15) is 5.26 Å². The molecule has 21 heavy (non-hydrogen) atoms. The van der Waals surface area contributed by atoms with E-state index in [9.17, 15) is 4.79 Å². The molecule has 1 aliphatic heterocycles. The van der Waals surface area contributed by atoms with Crippen LogP contribution < -0.4 is 0 Å². The van der Waals surface area contributed by atoms with Crippen LogP contribution in [0.5, 0.6) is 0 Å². The Morgan fingerprint density at radius 2 is 2.24 bits per heavy atom. The van der Waals surface area contributed by atoms with Gasteiger partial charge in [-0.05, 0) is 12.8 Å². The summed E-state index contributed by atoms with van der Waals surface area (Å²) in [7, 11) is 1.75. The first-order chi connectivity index (χ1) is 10.2. The third kappa shape index (κ3) is 3.05. The van der Waals surface area contributed by atoms with Crippen LogP contribution in [0, 0.1) is 11.3 Å². The molecular formula is C14H20N6O. The average molecular weight is 288 g/mol. The van der Waals surface area contributed by atoms with Crippen molar-refractivity contribution in [3.63, 3.8) is 0 Å². The van der Waals surface area contributed by atoms with Gasteiger partial charge in [0.1, 0.15) is 11.6 Å². The number of aromatic nitrogens is 3. The highest BCUT2D eigenvalue weighted by Crippen LogP contribution is 2.39. The van der Waals surface area contributed by atoms with Crippen LogP contribution in [-0.2, 0) is 17.9 Å². The van der Waals surface area contributed by atoms with Crippen LogP contribution in [0.4, 0.5) is 0 Å². The second-order valence-corrected chi connectivity index (χ2v) is 5.83. The molecule has 0 spiro atoms. The summed E-state index contributed by atoms with van der Waals surface area (Å²) in [5.74, 6) is 2.76. The standard InChI is InChI=1S/C14H20N6O/c1-18(6-2-5-15)13(21)10-19-7-8-20-12(9-19)16-17-14(20)11-3-4-11/h11H,2-4,6-10H2,1H3. The number of carbonyl (C=O) groups excluding carboxylic acids is 1. The van der Waals surface area contributed by atoms with Gasteiger partial charge in [0.05, 0.1) is 25.6 Å². The molecule has 0 unspecified atom stereocenters. The monoisotopic (exact) mass is 288 g/mol. The van der Waals surface area contributed by atoms with Gasteiger partial charge in [0.15, 0.2) is 0 Å². The van der Waals surface area contributed by atoms with Crippen molar-refractivity contribution < 1.29 is 4.79 Å². The number of rotatable bonds is 5. The molecule has 0 N–H and O–H groups in total. The Balaban J connectivity index is 1.56. The minimum Gasteiger partial charge on any atom is -0.344 e. The molecule has 2 aliphatic rings. The summed E-state index contributed by atoms with van der Waals surface area (Å²) in [6.07, 6.45) is 2.83. The number of nitrogens with zero attached hydrogens (tertiary/aromatic N) is 6. The van der Waals surface area contributed by atoms with Gasteiger partial charge >= 0.3 is 0 Å². The minimum atomic E-state index is 0.0561. The van der Waals surface area contributed by atoms with E-state index in [0.29, 0.717) is 32.0 Å². The molecule has 3 rings (SSSR count). The molecular weight excluding hydrogens is 268 g/mol. The van der Waals surface area contributed by atoms with Crippen molar-refractivity contribution in [1.29, 1.82) is 5.26 Å². The quantitative estimate of drug-likeness (QED) is 0.781. The molecule has 1 aliphatic carbocycles. The summed E-state index contributed by atoms with van der Waals surface area (Å²) in [5, 5.41) is 17.1. The number of likely N-dealkylation sites (N-methyl/N-ethyl adjacent to an activating group) is 1. The van der Waals surface area contributed by atoms with E-state index in [0.717, 1.165) is 24.7 Å². The lowest BCUT2D eigenvalue weighted by molar-refractivity contribution is -0.131. The summed E-state index contributed by atoms with van der Waals surface area (Å²) in [6.45, 7) is 3.27. The van der Waals surface area contributed by atoms with Gasteiger partial charge in [0.25, 0.3) is 0 Å². The van der Waals surface area contributed by atoms with Gasteiger partial charge < -0.3 is 9.47 Å². The number of hydrogen-bond donors (Lipinski definition) is 0. The second-order valence-electron chi connectivity index (χ2n) is 5.83. The lowest BCUT2D eigenvalue weighted by Gasteiger charge is -2.28. The zero-order valence-electron chi connectivity index (χ0n) is 12.3. The summed E-state index contributed by atoms with van der Waals surface area (Å²) in [4.78, 5) is 15.8. The molecule has 0 bridgehead atoms. The lowest BCUT2D eigenvalue weighted by Crippen LogP contribution is -2.42. The number of amides is 1. The summed E-state index contributed by atoms with van der Waals surface area (Å²) >= 11 is 0. The van der Waals surface area contributed by atoms with Crippen molar-refractivity contribution in [2.45, 2.75) is 38.3 Å². The summed E-state index contributed by atoms with van der Waals surface area (Å²) in [6, 6.07) is 2.06. The molecule has 112 valence electrons. The first-order valence-corrected chi connectivity index (χ1v) is 7.44. The van der Waals surface area contributed by atoms with E-state index in [4.69, 9.17) is 5.26 Å². The van der Waals surface area contributed by atoms with Gasteiger partial charge in [-0.25, -0.2) is 0 Å². The molecule has 7 heteroatoms. The molecule has 2 heterocycles. The fourth-order valence-corrected chi connectivity index (χ4v) is 2.66. The average Bonchev–Trinajstić information content (AvgIpc) is 3.24. The van der Waals surface area contributed by atoms with E-state index in [1.165, 1.54) is 12.8 Å². The molecule has 1 fully saturated rings. The van der Waals surface area contributed by atoms with Crippen LogP contribution >= 0.6 is 0 Å². The number of nitriles is 1. The number of fused-ring (bicyclic) bond motifs is 1. The van der Waals surface area contributed by atoms with E-state index >= 15 is 0 Å². The Bertz CT molecular complexity index is 571. The molecule has 1 aromatic rings. The van der Waals surface area contributed by atoms with Crippen molar-refractivity contribution in [3.8, 4) is 6.07 Å². The normalized spacial score (nSPS) is 18.1. The van der Waals surface area contributed by atoms with E-state index < -0.39 is 0 Å². The SMILES string of the molecule is CN(CCC#N)C(=O)CN1CCn2c(nnc2C2CC2)C1. The first-order valence-electron chi connectivity index (χ1n) is 7.44. The highest BCUT2D eigenvalue weighted by atomic mass is 16.2. The largest absolute Gasteiger partial charge is 0.344 e. The second kappa shape index (κ2) is 5.82. The first kappa shape index (κ1) is 14.0. The Hall–Kier alpha value is -1.94. The van der Waals surface area contributed by atoms with E-state index in [1.54, 1.807) is 11.9 Å². The molecule has 0 radical (unpaired) electrons. The highest BCUT2D eigenvalue weighted by molar-refractivity contribution is 5.78. The summed E-state index contributed by atoms with van der Waals surface area (Å²) in [5.41, 5.74) is 0. The van der Waals surface area contributed by atoms with Gasteiger partial charge in [0, 0.05) is 32.6 Å². The molecule has 0 saturated heterocycles. The number of hydrogen-bond acceptors (Lipinski definition) is 5. The van der Waals surface area contributed by atoms with Crippen molar-refractivity contribution in [2.75, 3.05) is 26.7 Å². The van der Waals surface area contributed by atoms with Crippen molar-refractivity contribution >= 4 is 5.91 Å². The molecule has 1 amide bonds. The fourth-order valence-electron chi connectivity index (χ4n) is 2.66. The van der Waals surface area contributed by atoms with E-state index in [1.807, 2.05) is 0 Å². The Kier molecular flexibility index (Phi) is 3.88. The smallest absolute Gasteiger partial charge is 0.236 e. The zero-order chi connectivity index (χ0) is 14.8. The fraction of sp³-hybridized carbons (Fsp3) is 0.714. The topological polar surface area (TPSA) is 78.0 Å². The third-order valence-corrected chi connectivity index (χ3v) is 4.15. The Morgan fingerprint density at radius 3 is 2.95 bits per heavy atom. The molecule has 7 nitrogen and oxygen atoms in total. The number of carbonyl (C=O) groups is 1. The minimum absolute atomic E-state index is 0.0561. The zero-order valence-corrected chi connectivity index (χ0v) is 12.3. The molecule has 0 aromatic carbocycles. The van der Waals surface area contributed by atoms with Gasteiger partial charge in [-0.15, -0.1) is 10.2 Å². The van der Waals surface area contributed by atoms with Gasteiger partial charge in [0.2, 0.25) is 5.91 Å². The van der Waals surface area contributed by atoms with Crippen LogP contribution in [0.15, 0.2) is 0 Å². The lowest BCUT2D eigenvalue weighted by atomic mass is 10.3. The Labute approximate surface area is 124 Å². The molecule has 1 saturated carbocycles. The highest BCUT2D eigenvalue weighted by Gasteiger charge is 2.32. The maximum absolute atomic E-state index is 12.1. The van der Waals surface area contributed by atoms with Crippen LogP contribution in [-0.4, -0.2) is 57.2 Å². The van der Waals surface area contributed by atoms with Crippen molar-refractivity contribution in [3.05, 3.63) is 11.6 Å². The van der Waals surface area contributed by atoms with Crippen LogP contribution in [0.2, 0.25) is 0 Å². The Morgan fingerprint density at radius 1 is 1.43 bits per heavy atom.